The highest BCUT2D eigenvalue weighted by molar-refractivity contribution is 5.86. The van der Waals surface area contributed by atoms with Crippen LogP contribution >= 0.6 is 0 Å². The molecule has 0 fully saturated rings. The molecule has 22 heavy (non-hydrogen) atoms. The summed E-state index contributed by atoms with van der Waals surface area (Å²) in [5.41, 5.74) is 3.13. The summed E-state index contributed by atoms with van der Waals surface area (Å²) >= 11 is 0. The smallest absolute Gasteiger partial charge is 0.333 e. The van der Waals surface area contributed by atoms with Crippen molar-refractivity contribution in [3.05, 3.63) is 72.4 Å². The van der Waals surface area contributed by atoms with E-state index in [1.54, 1.807) is 6.92 Å². The molecule has 0 radical (unpaired) electrons. The van der Waals surface area contributed by atoms with Gasteiger partial charge in [-0.3, -0.25) is 0 Å². The predicted molar refractivity (Wildman–Crippen MR) is 86.8 cm³/mol. The van der Waals surface area contributed by atoms with Crippen molar-refractivity contribution in [2.24, 2.45) is 0 Å². The number of carbonyl (C=O) groups is 1. The van der Waals surface area contributed by atoms with Crippen molar-refractivity contribution in [2.45, 2.75) is 26.9 Å². The molecule has 0 aliphatic rings. The Labute approximate surface area is 130 Å². The van der Waals surface area contributed by atoms with Crippen molar-refractivity contribution in [1.29, 1.82) is 0 Å². The molecule has 2 rings (SSSR count). The molecule has 0 amide bonds. The molecule has 0 aliphatic carbocycles. The largest absolute Gasteiger partial charge is 0.456 e. The first-order chi connectivity index (χ1) is 10.5. The van der Waals surface area contributed by atoms with E-state index in [-0.39, 0.29) is 6.61 Å². The third-order valence-electron chi connectivity index (χ3n) is 3.26. The number of aromatic nitrogens is 2. The molecular weight excluding hydrogens is 276 g/mol. The van der Waals surface area contributed by atoms with Crippen LogP contribution in [0, 0.1) is 6.92 Å². The molecule has 0 spiro atoms. The number of benzene rings is 1. The molecule has 0 bridgehead atoms. The van der Waals surface area contributed by atoms with E-state index < -0.39 is 5.97 Å². The van der Waals surface area contributed by atoms with Crippen LogP contribution in [0.3, 0.4) is 0 Å². The van der Waals surface area contributed by atoms with E-state index in [0.717, 1.165) is 22.9 Å². The number of carbonyl (C=O) groups excluding carboxylic acids is 1. The van der Waals surface area contributed by atoms with Crippen LogP contribution in [0.25, 0.3) is 5.69 Å². The second-order valence-corrected chi connectivity index (χ2v) is 5.07. The number of allylic oxidation sites excluding steroid dienone is 1. The van der Waals surface area contributed by atoms with Gasteiger partial charge in [-0.15, -0.1) is 6.58 Å². The Hall–Kier alpha value is -2.62. The number of hydrogen-bond acceptors (Lipinski definition) is 3. The van der Waals surface area contributed by atoms with Crippen LogP contribution in [0.15, 0.2) is 55.1 Å². The molecule has 1 heterocycles. The fraction of sp³-hybridized carbons (Fsp3) is 0.222. The average Bonchev–Trinajstić information content (AvgIpc) is 2.81. The molecule has 0 saturated heterocycles. The van der Waals surface area contributed by atoms with Gasteiger partial charge in [0.2, 0.25) is 0 Å². The molecular formula is C18H20N2O2. The first-order valence-corrected chi connectivity index (χ1v) is 7.10. The second kappa shape index (κ2) is 6.89. The van der Waals surface area contributed by atoms with Crippen LogP contribution < -0.4 is 0 Å². The minimum Gasteiger partial charge on any atom is -0.456 e. The van der Waals surface area contributed by atoms with E-state index in [2.05, 4.69) is 22.7 Å². The van der Waals surface area contributed by atoms with Crippen LogP contribution in [0.1, 0.15) is 24.1 Å². The van der Waals surface area contributed by atoms with E-state index >= 15 is 0 Å². The van der Waals surface area contributed by atoms with Crippen LogP contribution in [-0.4, -0.2) is 15.5 Å². The highest BCUT2D eigenvalue weighted by Gasteiger charge is 2.16. The predicted octanol–water partition coefficient (Wildman–Crippen LogP) is 3.53. The lowest BCUT2D eigenvalue weighted by atomic mass is 10.2. The zero-order valence-electron chi connectivity index (χ0n) is 13.0. The summed E-state index contributed by atoms with van der Waals surface area (Å²) in [6.07, 6.45) is 2.47. The van der Waals surface area contributed by atoms with E-state index in [0.29, 0.717) is 12.0 Å². The molecule has 0 atom stereocenters. The molecule has 0 N–H and O–H groups in total. The molecule has 4 nitrogen and oxygen atoms in total. The standard InChI is InChI=1S/C18H20N2O2/c1-5-9-17-16(12-22-18(21)13(2)3)19-14(4)20(17)15-10-7-6-8-11-15/h5-8,10-11H,1-2,9,12H2,3-4H3. The maximum absolute atomic E-state index is 11.6. The van der Waals surface area contributed by atoms with Gasteiger partial charge in [0, 0.05) is 17.7 Å². The first-order valence-electron chi connectivity index (χ1n) is 7.10. The second-order valence-electron chi connectivity index (χ2n) is 5.07. The van der Waals surface area contributed by atoms with Gasteiger partial charge in [0.1, 0.15) is 18.1 Å². The summed E-state index contributed by atoms with van der Waals surface area (Å²) in [4.78, 5) is 16.1. The minimum absolute atomic E-state index is 0.134. The third-order valence-corrected chi connectivity index (χ3v) is 3.26. The van der Waals surface area contributed by atoms with E-state index in [1.165, 1.54) is 0 Å². The molecule has 2 aromatic rings. The van der Waals surface area contributed by atoms with Crippen molar-refractivity contribution < 1.29 is 9.53 Å². The Bertz CT molecular complexity index is 699. The quantitative estimate of drug-likeness (QED) is 0.465. The van der Waals surface area contributed by atoms with E-state index in [9.17, 15) is 4.79 Å². The number of aryl methyl sites for hydroxylation is 1. The average molecular weight is 296 g/mol. The van der Waals surface area contributed by atoms with Crippen LogP contribution in [-0.2, 0) is 22.6 Å². The highest BCUT2D eigenvalue weighted by atomic mass is 16.5. The lowest BCUT2D eigenvalue weighted by Crippen LogP contribution is -2.07. The molecule has 0 aliphatic heterocycles. The first kappa shape index (κ1) is 15.8. The van der Waals surface area contributed by atoms with Gasteiger partial charge in [0.25, 0.3) is 0 Å². The van der Waals surface area contributed by atoms with Crippen molar-refractivity contribution in [3.63, 3.8) is 0 Å². The maximum Gasteiger partial charge on any atom is 0.333 e. The van der Waals surface area contributed by atoms with Crippen molar-refractivity contribution in [1.82, 2.24) is 9.55 Å². The lowest BCUT2D eigenvalue weighted by Gasteiger charge is -2.10. The maximum atomic E-state index is 11.6. The minimum atomic E-state index is -0.406. The Morgan fingerprint density at radius 1 is 1.36 bits per heavy atom. The summed E-state index contributed by atoms with van der Waals surface area (Å²) in [5, 5.41) is 0. The zero-order chi connectivity index (χ0) is 16.1. The summed E-state index contributed by atoms with van der Waals surface area (Å²) in [5.74, 6) is 0.445. The summed E-state index contributed by atoms with van der Waals surface area (Å²) < 4.78 is 7.29. The number of rotatable bonds is 6. The number of nitrogens with zero attached hydrogens (tertiary/aromatic N) is 2. The van der Waals surface area contributed by atoms with E-state index in [1.807, 2.05) is 43.3 Å². The monoisotopic (exact) mass is 296 g/mol. The Kier molecular flexibility index (Phi) is 4.94. The fourth-order valence-electron chi connectivity index (χ4n) is 2.27. The Morgan fingerprint density at radius 2 is 2.05 bits per heavy atom. The zero-order valence-corrected chi connectivity index (χ0v) is 13.0. The lowest BCUT2D eigenvalue weighted by molar-refractivity contribution is -0.140. The molecule has 114 valence electrons. The molecule has 1 aromatic heterocycles. The van der Waals surface area contributed by atoms with Gasteiger partial charge in [-0.1, -0.05) is 30.9 Å². The van der Waals surface area contributed by atoms with Crippen LogP contribution in [0.4, 0.5) is 0 Å². The van der Waals surface area contributed by atoms with Crippen molar-refractivity contribution >= 4 is 5.97 Å². The summed E-state index contributed by atoms with van der Waals surface area (Å²) in [7, 11) is 0. The van der Waals surface area contributed by atoms with Gasteiger partial charge in [-0.25, -0.2) is 9.78 Å². The molecule has 0 unspecified atom stereocenters. The van der Waals surface area contributed by atoms with Gasteiger partial charge in [0.15, 0.2) is 0 Å². The Balaban J connectivity index is 2.37. The van der Waals surface area contributed by atoms with Gasteiger partial charge in [0.05, 0.1) is 5.69 Å². The molecule has 4 heteroatoms. The highest BCUT2D eigenvalue weighted by Crippen LogP contribution is 2.20. The fourth-order valence-corrected chi connectivity index (χ4v) is 2.27. The number of ether oxygens (including phenoxy) is 1. The normalized spacial score (nSPS) is 10.3. The number of hydrogen-bond donors (Lipinski definition) is 0. The van der Waals surface area contributed by atoms with Gasteiger partial charge >= 0.3 is 5.97 Å². The number of para-hydroxylation sites is 1. The number of imidazole rings is 1. The van der Waals surface area contributed by atoms with Crippen molar-refractivity contribution in [3.8, 4) is 5.69 Å². The van der Waals surface area contributed by atoms with Crippen molar-refractivity contribution in [2.75, 3.05) is 0 Å². The molecule has 0 saturated carbocycles. The topological polar surface area (TPSA) is 44.1 Å². The molecule has 1 aromatic carbocycles. The number of esters is 1. The third kappa shape index (κ3) is 3.34. The summed E-state index contributed by atoms with van der Waals surface area (Å²) in [6, 6.07) is 9.97. The van der Waals surface area contributed by atoms with Gasteiger partial charge in [-0.05, 0) is 26.0 Å². The summed E-state index contributed by atoms with van der Waals surface area (Å²) in [6.45, 7) is 11.1. The Morgan fingerprint density at radius 3 is 2.64 bits per heavy atom. The SMILES string of the molecule is C=CCc1c(COC(=O)C(=C)C)nc(C)n1-c1ccccc1. The van der Waals surface area contributed by atoms with Crippen LogP contribution in [0.5, 0.6) is 0 Å². The van der Waals surface area contributed by atoms with Crippen LogP contribution in [0.2, 0.25) is 0 Å². The van der Waals surface area contributed by atoms with Gasteiger partial charge < -0.3 is 9.30 Å². The van der Waals surface area contributed by atoms with E-state index in [4.69, 9.17) is 4.74 Å². The van der Waals surface area contributed by atoms with Gasteiger partial charge in [-0.2, -0.15) is 0 Å².